The molecule has 0 saturated heterocycles. The third-order valence-electron chi connectivity index (χ3n) is 3.25. The van der Waals surface area contributed by atoms with Crippen LogP contribution in [0.1, 0.15) is 19.2 Å². The van der Waals surface area contributed by atoms with Gasteiger partial charge in [-0.05, 0) is 12.5 Å². The van der Waals surface area contributed by atoms with Crippen molar-refractivity contribution in [1.29, 1.82) is 0 Å². The summed E-state index contributed by atoms with van der Waals surface area (Å²) in [5, 5.41) is 0. The molecule has 2 N–H and O–H groups in total. The summed E-state index contributed by atoms with van der Waals surface area (Å²) in [6.45, 7) is 7.28. The smallest absolute Gasteiger partial charge is 0.122 e. The van der Waals surface area contributed by atoms with E-state index in [4.69, 9.17) is 5.73 Å². The molecule has 2 heterocycles. The summed E-state index contributed by atoms with van der Waals surface area (Å²) < 4.78 is 2.24. The van der Waals surface area contributed by atoms with Gasteiger partial charge in [0.05, 0.1) is 6.54 Å². The average Bonchev–Trinajstić information content (AvgIpc) is 2.73. The standard InChI is InChI=1S/C11H20N4/c1-2-10(7-12)8-14-5-6-15-4-3-13-11(15)9-14/h3-4,10H,2,5-9,12H2,1H3. The van der Waals surface area contributed by atoms with Crippen molar-refractivity contribution in [1.82, 2.24) is 14.5 Å². The van der Waals surface area contributed by atoms with E-state index in [0.717, 1.165) is 32.7 Å². The minimum Gasteiger partial charge on any atom is -0.333 e. The van der Waals surface area contributed by atoms with Crippen LogP contribution in [0.25, 0.3) is 0 Å². The molecule has 15 heavy (non-hydrogen) atoms. The zero-order valence-electron chi connectivity index (χ0n) is 9.39. The fraction of sp³-hybridized carbons (Fsp3) is 0.727. The van der Waals surface area contributed by atoms with Crippen molar-refractivity contribution in [3.63, 3.8) is 0 Å². The van der Waals surface area contributed by atoms with Crippen LogP contribution in [0.2, 0.25) is 0 Å². The number of hydrogen-bond acceptors (Lipinski definition) is 3. The van der Waals surface area contributed by atoms with Crippen LogP contribution in [-0.2, 0) is 13.1 Å². The van der Waals surface area contributed by atoms with Crippen molar-refractivity contribution in [3.8, 4) is 0 Å². The first-order chi connectivity index (χ1) is 7.33. The number of hydrogen-bond donors (Lipinski definition) is 1. The molecule has 1 aliphatic heterocycles. The zero-order valence-corrected chi connectivity index (χ0v) is 9.39. The Kier molecular flexibility index (Phi) is 3.38. The molecule has 4 heteroatoms. The molecule has 4 nitrogen and oxygen atoms in total. The highest BCUT2D eigenvalue weighted by molar-refractivity contribution is 4.95. The fourth-order valence-electron chi connectivity index (χ4n) is 2.11. The summed E-state index contributed by atoms with van der Waals surface area (Å²) in [6, 6.07) is 0. The van der Waals surface area contributed by atoms with Crippen molar-refractivity contribution in [3.05, 3.63) is 18.2 Å². The minimum atomic E-state index is 0.631. The molecular formula is C11H20N4. The van der Waals surface area contributed by atoms with Crippen LogP contribution in [-0.4, -0.2) is 34.1 Å². The minimum absolute atomic E-state index is 0.631. The summed E-state index contributed by atoms with van der Waals surface area (Å²) in [5.41, 5.74) is 5.73. The highest BCUT2D eigenvalue weighted by Crippen LogP contribution is 2.12. The molecule has 0 fully saturated rings. The van der Waals surface area contributed by atoms with E-state index in [9.17, 15) is 0 Å². The van der Waals surface area contributed by atoms with E-state index in [1.54, 1.807) is 0 Å². The van der Waals surface area contributed by atoms with Gasteiger partial charge < -0.3 is 10.3 Å². The second kappa shape index (κ2) is 4.77. The molecule has 1 atom stereocenters. The fourth-order valence-corrected chi connectivity index (χ4v) is 2.11. The van der Waals surface area contributed by atoms with Gasteiger partial charge in [-0.25, -0.2) is 4.98 Å². The van der Waals surface area contributed by atoms with Crippen molar-refractivity contribution in [2.45, 2.75) is 26.4 Å². The Morgan fingerprint density at radius 3 is 3.13 bits per heavy atom. The highest BCUT2D eigenvalue weighted by atomic mass is 15.2. The Bertz CT molecular complexity index is 303. The normalized spacial score (nSPS) is 18.8. The maximum Gasteiger partial charge on any atom is 0.122 e. The van der Waals surface area contributed by atoms with Gasteiger partial charge in [-0.1, -0.05) is 13.3 Å². The predicted octanol–water partition coefficient (Wildman–Crippen LogP) is 0.684. The van der Waals surface area contributed by atoms with Crippen LogP contribution < -0.4 is 5.73 Å². The second-order valence-corrected chi connectivity index (χ2v) is 4.28. The first-order valence-electron chi connectivity index (χ1n) is 5.76. The number of fused-ring (bicyclic) bond motifs is 1. The lowest BCUT2D eigenvalue weighted by atomic mass is 10.1. The zero-order chi connectivity index (χ0) is 10.7. The van der Waals surface area contributed by atoms with Gasteiger partial charge in [0.2, 0.25) is 0 Å². The van der Waals surface area contributed by atoms with Gasteiger partial charge in [0, 0.05) is 32.0 Å². The van der Waals surface area contributed by atoms with Gasteiger partial charge >= 0.3 is 0 Å². The van der Waals surface area contributed by atoms with Crippen molar-refractivity contribution < 1.29 is 0 Å². The summed E-state index contributed by atoms with van der Waals surface area (Å²) in [4.78, 5) is 6.82. The Morgan fingerprint density at radius 2 is 2.40 bits per heavy atom. The first kappa shape index (κ1) is 10.6. The van der Waals surface area contributed by atoms with E-state index in [0.29, 0.717) is 5.92 Å². The van der Waals surface area contributed by atoms with E-state index in [1.165, 1.54) is 12.2 Å². The van der Waals surface area contributed by atoms with E-state index >= 15 is 0 Å². The van der Waals surface area contributed by atoms with Gasteiger partial charge in [0.1, 0.15) is 5.82 Å². The molecule has 0 aromatic carbocycles. The molecule has 84 valence electrons. The van der Waals surface area contributed by atoms with Crippen LogP contribution in [0, 0.1) is 5.92 Å². The second-order valence-electron chi connectivity index (χ2n) is 4.28. The molecule has 0 spiro atoms. The maximum atomic E-state index is 5.73. The number of nitrogens with zero attached hydrogens (tertiary/aromatic N) is 3. The van der Waals surface area contributed by atoms with E-state index in [1.807, 2.05) is 6.20 Å². The average molecular weight is 208 g/mol. The largest absolute Gasteiger partial charge is 0.333 e. The van der Waals surface area contributed by atoms with E-state index < -0.39 is 0 Å². The van der Waals surface area contributed by atoms with Crippen LogP contribution in [0.4, 0.5) is 0 Å². The quantitative estimate of drug-likeness (QED) is 0.791. The summed E-state index contributed by atoms with van der Waals surface area (Å²) in [7, 11) is 0. The van der Waals surface area contributed by atoms with Crippen LogP contribution in [0.5, 0.6) is 0 Å². The molecule has 1 aromatic rings. The Hall–Kier alpha value is -0.870. The van der Waals surface area contributed by atoms with E-state index in [2.05, 4.69) is 27.6 Å². The van der Waals surface area contributed by atoms with Crippen molar-refractivity contribution in [2.24, 2.45) is 11.7 Å². The number of rotatable bonds is 4. The topological polar surface area (TPSA) is 47.1 Å². The lowest BCUT2D eigenvalue weighted by Gasteiger charge is -2.30. The predicted molar refractivity (Wildman–Crippen MR) is 60.3 cm³/mol. The maximum absolute atomic E-state index is 5.73. The Labute approximate surface area is 91.1 Å². The summed E-state index contributed by atoms with van der Waals surface area (Å²) in [6.07, 6.45) is 5.12. The van der Waals surface area contributed by atoms with Crippen LogP contribution in [0.15, 0.2) is 12.4 Å². The molecule has 1 aromatic heterocycles. The molecule has 0 amide bonds. The first-order valence-corrected chi connectivity index (χ1v) is 5.76. The SMILES string of the molecule is CCC(CN)CN1CCn2ccnc2C1. The molecule has 2 rings (SSSR count). The Morgan fingerprint density at radius 1 is 1.53 bits per heavy atom. The molecular weight excluding hydrogens is 188 g/mol. The highest BCUT2D eigenvalue weighted by Gasteiger charge is 2.18. The molecule has 0 bridgehead atoms. The number of imidazole rings is 1. The molecule has 0 radical (unpaired) electrons. The molecule has 1 unspecified atom stereocenters. The third kappa shape index (κ3) is 2.38. The molecule has 0 saturated carbocycles. The number of aromatic nitrogens is 2. The van der Waals surface area contributed by atoms with Crippen molar-refractivity contribution in [2.75, 3.05) is 19.6 Å². The van der Waals surface area contributed by atoms with Gasteiger partial charge in [-0.15, -0.1) is 0 Å². The third-order valence-corrected chi connectivity index (χ3v) is 3.25. The summed E-state index contributed by atoms with van der Waals surface area (Å²) >= 11 is 0. The lowest BCUT2D eigenvalue weighted by molar-refractivity contribution is 0.184. The van der Waals surface area contributed by atoms with Gasteiger partial charge in [0.15, 0.2) is 0 Å². The molecule has 0 aliphatic carbocycles. The van der Waals surface area contributed by atoms with Crippen LogP contribution in [0.3, 0.4) is 0 Å². The van der Waals surface area contributed by atoms with E-state index in [-0.39, 0.29) is 0 Å². The summed E-state index contributed by atoms with van der Waals surface area (Å²) in [5.74, 6) is 1.82. The number of nitrogens with two attached hydrogens (primary N) is 1. The Balaban J connectivity index is 1.92. The van der Waals surface area contributed by atoms with Crippen LogP contribution >= 0.6 is 0 Å². The van der Waals surface area contributed by atoms with Gasteiger partial charge in [0.25, 0.3) is 0 Å². The molecule has 1 aliphatic rings. The monoisotopic (exact) mass is 208 g/mol. The van der Waals surface area contributed by atoms with Gasteiger partial charge in [-0.3, -0.25) is 4.90 Å². The van der Waals surface area contributed by atoms with Gasteiger partial charge in [-0.2, -0.15) is 0 Å². The lowest BCUT2D eigenvalue weighted by Crippen LogP contribution is -2.38. The van der Waals surface area contributed by atoms with Crippen molar-refractivity contribution >= 4 is 0 Å².